The van der Waals surface area contributed by atoms with Gasteiger partial charge in [-0.3, -0.25) is 4.79 Å². The zero-order chi connectivity index (χ0) is 19.9. The average molecular weight is 383 g/mol. The molecule has 1 aliphatic rings. The molecule has 1 saturated heterocycles. The summed E-state index contributed by atoms with van der Waals surface area (Å²) < 4.78 is 16.6. The second-order valence-corrected chi connectivity index (χ2v) is 6.96. The Morgan fingerprint density at radius 3 is 2.64 bits per heavy atom. The average Bonchev–Trinajstić information content (AvgIpc) is 2.75. The van der Waals surface area contributed by atoms with Crippen LogP contribution in [0.25, 0.3) is 16.8 Å². The topological polar surface area (TPSA) is 48.0 Å². The number of fused-ring (bicyclic) bond motifs is 1. The highest BCUT2D eigenvalue weighted by Crippen LogP contribution is 2.40. The minimum Gasteiger partial charge on any atom is -0.493 e. The summed E-state index contributed by atoms with van der Waals surface area (Å²) in [5.41, 5.74) is 2.11. The van der Waals surface area contributed by atoms with Gasteiger partial charge in [0.15, 0.2) is 18.3 Å². The van der Waals surface area contributed by atoms with Crippen molar-refractivity contribution in [3.8, 4) is 11.5 Å². The Hall–Kier alpha value is -2.53. The maximum Gasteiger partial charge on any atom is 0.246 e. The van der Waals surface area contributed by atoms with E-state index in [4.69, 9.17) is 14.2 Å². The molecule has 0 spiro atoms. The lowest BCUT2D eigenvalue weighted by atomic mass is 9.96. The molecular formula is C23H29NO4. The minimum absolute atomic E-state index is 0.0678. The molecule has 0 aliphatic carbocycles. The number of carbonyl (C=O) groups is 1. The summed E-state index contributed by atoms with van der Waals surface area (Å²) in [5, 5.41) is 2.04. The van der Waals surface area contributed by atoms with Crippen molar-refractivity contribution in [3.63, 3.8) is 0 Å². The molecule has 0 unspecified atom stereocenters. The highest BCUT2D eigenvalue weighted by molar-refractivity contribution is 6.01. The fourth-order valence-corrected chi connectivity index (χ4v) is 3.74. The largest absolute Gasteiger partial charge is 0.493 e. The molecule has 5 nitrogen and oxygen atoms in total. The van der Waals surface area contributed by atoms with Gasteiger partial charge in [-0.1, -0.05) is 25.1 Å². The molecule has 3 rings (SSSR count). The van der Waals surface area contributed by atoms with Crippen LogP contribution in [0.1, 0.15) is 37.3 Å². The Morgan fingerprint density at radius 1 is 1.18 bits per heavy atom. The molecule has 0 N–H and O–H groups in total. The van der Waals surface area contributed by atoms with E-state index in [9.17, 15) is 4.79 Å². The number of amides is 1. The number of hydrogen-bond acceptors (Lipinski definition) is 4. The second-order valence-electron chi connectivity index (χ2n) is 6.96. The van der Waals surface area contributed by atoms with Gasteiger partial charge in [0.2, 0.25) is 5.91 Å². The lowest BCUT2D eigenvalue weighted by Gasteiger charge is -2.25. The summed E-state index contributed by atoms with van der Waals surface area (Å²) in [6.45, 7) is 3.95. The standard InChI is InChI=1S/C23H29NO4/c1-4-17-9-8-10-19-18(11-12-21(25)24-13-6-5-7-14-24)15-20(27-3)23(22(17)19)28-16-26-2/h8-12,15H,4-7,13-14,16H2,1-3H3/b12-11+. The van der Waals surface area contributed by atoms with Crippen LogP contribution in [-0.4, -0.2) is 44.9 Å². The third-order valence-electron chi connectivity index (χ3n) is 5.19. The number of piperidine rings is 1. The molecule has 1 aliphatic heterocycles. The summed E-state index contributed by atoms with van der Waals surface area (Å²) in [7, 11) is 3.22. The van der Waals surface area contributed by atoms with Crippen molar-refractivity contribution in [1.82, 2.24) is 4.90 Å². The third-order valence-corrected chi connectivity index (χ3v) is 5.19. The van der Waals surface area contributed by atoms with Gasteiger partial charge in [-0.2, -0.15) is 0 Å². The molecule has 0 radical (unpaired) electrons. The quantitative estimate of drug-likeness (QED) is 0.525. The van der Waals surface area contributed by atoms with Crippen LogP contribution in [0, 0.1) is 0 Å². The maximum absolute atomic E-state index is 12.6. The molecule has 0 aromatic heterocycles. The zero-order valence-electron chi connectivity index (χ0n) is 17.0. The third kappa shape index (κ3) is 4.30. The van der Waals surface area contributed by atoms with Gasteiger partial charge in [0.1, 0.15) is 0 Å². The van der Waals surface area contributed by atoms with E-state index in [1.54, 1.807) is 20.3 Å². The highest BCUT2D eigenvalue weighted by Gasteiger charge is 2.17. The van der Waals surface area contributed by atoms with Gasteiger partial charge in [-0.15, -0.1) is 0 Å². The number of benzene rings is 2. The molecule has 1 fully saturated rings. The van der Waals surface area contributed by atoms with Crippen LogP contribution < -0.4 is 9.47 Å². The minimum atomic E-state index is 0.0678. The lowest BCUT2D eigenvalue weighted by molar-refractivity contribution is -0.126. The van der Waals surface area contributed by atoms with Gasteiger partial charge in [-0.05, 0) is 54.3 Å². The van der Waals surface area contributed by atoms with E-state index >= 15 is 0 Å². The second kappa shape index (κ2) is 9.60. The van der Waals surface area contributed by atoms with E-state index in [1.165, 1.54) is 12.0 Å². The van der Waals surface area contributed by atoms with Crippen LogP contribution in [0.3, 0.4) is 0 Å². The first-order chi connectivity index (χ1) is 13.7. The molecule has 0 bridgehead atoms. The molecule has 2 aromatic rings. The number of carbonyl (C=O) groups excluding carboxylic acids is 1. The van der Waals surface area contributed by atoms with Gasteiger partial charge >= 0.3 is 0 Å². The van der Waals surface area contributed by atoms with E-state index in [0.29, 0.717) is 11.5 Å². The number of methoxy groups -OCH3 is 2. The van der Waals surface area contributed by atoms with Crippen LogP contribution in [0.2, 0.25) is 0 Å². The van der Waals surface area contributed by atoms with E-state index in [-0.39, 0.29) is 12.7 Å². The van der Waals surface area contributed by atoms with Crippen molar-refractivity contribution in [2.45, 2.75) is 32.6 Å². The molecule has 150 valence electrons. The Kier molecular flexibility index (Phi) is 6.93. The Morgan fingerprint density at radius 2 is 1.96 bits per heavy atom. The van der Waals surface area contributed by atoms with Gasteiger partial charge in [0.25, 0.3) is 0 Å². The van der Waals surface area contributed by atoms with Crippen molar-refractivity contribution in [3.05, 3.63) is 41.5 Å². The summed E-state index contributed by atoms with van der Waals surface area (Å²) in [5.74, 6) is 1.38. The van der Waals surface area contributed by atoms with Crippen LogP contribution in [0.5, 0.6) is 11.5 Å². The zero-order valence-corrected chi connectivity index (χ0v) is 17.0. The van der Waals surface area contributed by atoms with Gasteiger partial charge in [-0.25, -0.2) is 0 Å². The molecule has 1 amide bonds. The number of rotatable bonds is 7. The van der Waals surface area contributed by atoms with Gasteiger partial charge < -0.3 is 19.1 Å². The van der Waals surface area contributed by atoms with Crippen molar-refractivity contribution < 1.29 is 19.0 Å². The smallest absolute Gasteiger partial charge is 0.246 e. The first-order valence-corrected chi connectivity index (χ1v) is 9.90. The monoisotopic (exact) mass is 383 g/mol. The van der Waals surface area contributed by atoms with Crippen LogP contribution >= 0.6 is 0 Å². The molecule has 1 heterocycles. The molecule has 0 atom stereocenters. The fourth-order valence-electron chi connectivity index (χ4n) is 3.74. The molecule has 0 saturated carbocycles. The number of hydrogen-bond donors (Lipinski definition) is 0. The predicted octanol–water partition coefficient (Wildman–Crippen LogP) is 4.42. The number of likely N-dealkylation sites (tertiary alicyclic amines) is 1. The first kappa shape index (κ1) is 20.2. The van der Waals surface area contributed by atoms with Crippen molar-refractivity contribution >= 4 is 22.8 Å². The number of ether oxygens (including phenoxy) is 3. The summed E-state index contributed by atoms with van der Waals surface area (Å²) in [6.07, 6.45) is 7.81. The van der Waals surface area contributed by atoms with Crippen LogP contribution in [0.15, 0.2) is 30.3 Å². The van der Waals surface area contributed by atoms with E-state index in [2.05, 4.69) is 19.1 Å². The lowest BCUT2D eigenvalue weighted by Crippen LogP contribution is -2.34. The Balaban J connectivity index is 2.04. The SMILES string of the molecule is CCc1cccc2c(/C=C/C(=O)N3CCCCC3)cc(OC)c(OCOC)c12. The summed E-state index contributed by atoms with van der Waals surface area (Å²) in [6, 6.07) is 8.11. The molecule has 28 heavy (non-hydrogen) atoms. The highest BCUT2D eigenvalue weighted by atomic mass is 16.7. The Labute approximate surface area is 166 Å². The van der Waals surface area contributed by atoms with Crippen molar-refractivity contribution in [2.75, 3.05) is 34.1 Å². The number of nitrogens with zero attached hydrogens (tertiary/aromatic N) is 1. The van der Waals surface area contributed by atoms with E-state index in [1.807, 2.05) is 23.1 Å². The predicted molar refractivity (Wildman–Crippen MR) is 112 cm³/mol. The van der Waals surface area contributed by atoms with Crippen molar-refractivity contribution in [2.24, 2.45) is 0 Å². The fraction of sp³-hybridized carbons (Fsp3) is 0.435. The summed E-state index contributed by atoms with van der Waals surface area (Å²) >= 11 is 0. The van der Waals surface area contributed by atoms with Gasteiger partial charge in [0, 0.05) is 31.7 Å². The number of aryl methyl sites for hydroxylation is 1. The Bertz CT molecular complexity index is 853. The molecule has 5 heteroatoms. The molecule has 2 aromatic carbocycles. The van der Waals surface area contributed by atoms with Gasteiger partial charge in [0.05, 0.1) is 7.11 Å². The van der Waals surface area contributed by atoms with Crippen molar-refractivity contribution in [1.29, 1.82) is 0 Å². The molecular weight excluding hydrogens is 354 g/mol. The normalized spacial score (nSPS) is 14.6. The van der Waals surface area contributed by atoms with Crippen LogP contribution in [-0.2, 0) is 16.0 Å². The summed E-state index contributed by atoms with van der Waals surface area (Å²) in [4.78, 5) is 14.5. The van der Waals surface area contributed by atoms with E-state index in [0.717, 1.165) is 48.7 Å². The first-order valence-electron chi connectivity index (χ1n) is 9.90. The maximum atomic E-state index is 12.6. The van der Waals surface area contributed by atoms with Crippen LogP contribution in [0.4, 0.5) is 0 Å². The van der Waals surface area contributed by atoms with E-state index < -0.39 is 0 Å².